The highest BCUT2D eigenvalue weighted by molar-refractivity contribution is 5.87. The van der Waals surface area contributed by atoms with Gasteiger partial charge in [-0.25, -0.2) is 0 Å². The van der Waals surface area contributed by atoms with Gasteiger partial charge in [0.25, 0.3) is 0 Å². The number of amides is 2. The summed E-state index contributed by atoms with van der Waals surface area (Å²) in [5.41, 5.74) is 1.05. The van der Waals surface area contributed by atoms with Gasteiger partial charge in [-0.3, -0.25) is 9.59 Å². The lowest BCUT2D eigenvalue weighted by atomic mass is 9.96. The molecule has 1 saturated carbocycles. The van der Waals surface area contributed by atoms with Crippen LogP contribution in [0.15, 0.2) is 24.3 Å². The van der Waals surface area contributed by atoms with Crippen LogP contribution in [0.5, 0.6) is 5.75 Å². The Bertz CT molecular complexity index is 550. The van der Waals surface area contributed by atoms with Crippen LogP contribution in [0.2, 0.25) is 0 Å². The van der Waals surface area contributed by atoms with Gasteiger partial charge in [0.05, 0.1) is 7.11 Å². The minimum Gasteiger partial charge on any atom is -0.497 e. The van der Waals surface area contributed by atoms with Gasteiger partial charge in [-0.2, -0.15) is 0 Å². The topological polar surface area (TPSA) is 58.6 Å². The highest BCUT2D eigenvalue weighted by Gasteiger charge is 2.33. The number of rotatable bonds is 7. The predicted octanol–water partition coefficient (Wildman–Crippen LogP) is 2.74. The standard InChI is InChI=1S/C19H28N2O3/c1-4-21(13-15-9-11-17(24-3)12-10-15)19(23)18(20-14(2)22)16-7-5-6-8-16/h9-12,16,18H,4-8,13H2,1-3H3,(H,20,22). The summed E-state index contributed by atoms with van der Waals surface area (Å²) in [5, 5.41) is 2.89. The lowest BCUT2D eigenvalue weighted by molar-refractivity contribution is -0.138. The van der Waals surface area contributed by atoms with E-state index in [0.29, 0.717) is 13.1 Å². The summed E-state index contributed by atoms with van der Waals surface area (Å²) in [4.78, 5) is 26.4. The maximum atomic E-state index is 13.0. The Morgan fingerprint density at radius 2 is 1.88 bits per heavy atom. The molecule has 1 aromatic rings. The van der Waals surface area contributed by atoms with Crippen molar-refractivity contribution in [3.8, 4) is 5.75 Å². The lowest BCUT2D eigenvalue weighted by Gasteiger charge is -2.30. The predicted molar refractivity (Wildman–Crippen MR) is 93.6 cm³/mol. The second kappa shape index (κ2) is 8.71. The van der Waals surface area contributed by atoms with E-state index in [9.17, 15) is 9.59 Å². The molecule has 0 aliphatic heterocycles. The molecule has 1 unspecified atom stereocenters. The van der Waals surface area contributed by atoms with Crippen molar-refractivity contribution >= 4 is 11.8 Å². The molecule has 5 heteroatoms. The monoisotopic (exact) mass is 332 g/mol. The van der Waals surface area contributed by atoms with Crippen LogP contribution < -0.4 is 10.1 Å². The molecule has 2 rings (SSSR count). The van der Waals surface area contributed by atoms with E-state index in [4.69, 9.17) is 4.74 Å². The van der Waals surface area contributed by atoms with Gasteiger partial charge < -0.3 is 15.0 Å². The fourth-order valence-electron chi connectivity index (χ4n) is 3.38. The number of ether oxygens (including phenoxy) is 1. The minimum absolute atomic E-state index is 0.0235. The van der Waals surface area contributed by atoms with E-state index in [0.717, 1.165) is 37.0 Å². The van der Waals surface area contributed by atoms with E-state index in [1.165, 1.54) is 6.92 Å². The van der Waals surface area contributed by atoms with Crippen LogP contribution in [-0.2, 0) is 16.1 Å². The summed E-state index contributed by atoms with van der Waals surface area (Å²) in [6, 6.07) is 7.34. The number of nitrogens with zero attached hydrogens (tertiary/aromatic N) is 1. The van der Waals surface area contributed by atoms with Gasteiger partial charge in [0.1, 0.15) is 11.8 Å². The molecule has 132 valence electrons. The third-order valence-corrected chi connectivity index (χ3v) is 4.72. The zero-order valence-corrected chi connectivity index (χ0v) is 14.9. The van der Waals surface area contributed by atoms with Gasteiger partial charge >= 0.3 is 0 Å². The van der Waals surface area contributed by atoms with Crippen molar-refractivity contribution in [1.82, 2.24) is 10.2 Å². The molecule has 0 heterocycles. The fourth-order valence-corrected chi connectivity index (χ4v) is 3.38. The molecule has 0 radical (unpaired) electrons. The van der Waals surface area contributed by atoms with E-state index >= 15 is 0 Å². The van der Waals surface area contributed by atoms with Gasteiger partial charge in [0, 0.05) is 20.0 Å². The van der Waals surface area contributed by atoms with E-state index in [1.54, 1.807) is 7.11 Å². The average Bonchev–Trinajstić information content (AvgIpc) is 3.11. The summed E-state index contributed by atoms with van der Waals surface area (Å²) >= 11 is 0. The van der Waals surface area contributed by atoms with E-state index in [-0.39, 0.29) is 17.7 Å². The van der Waals surface area contributed by atoms with Crippen LogP contribution >= 0.6 is 0 Å². The quantitative estimate of drug-likeness (QED) is 0.835. The Morgan fingerprint density at radius 3 is 2.38 bits per heavy atom. The minimum atomic E-state index is -0.400. The van der Waals surface area contributed by atoms with Crippen LogP contribution in [0, 0.1) is 5.92 Å². The van der Waals surface area contributed by atoms with Crippen molar-refractivity contribution in [3.05, 3.63) is 29.8 Å². The maximum absolute atomic E-state index is 13.0. The van der Waals surface area contributed by atoms with Gasteiger partial charge in [-0.15, -0.1) is 0 Å². The number of carbonyl (C=O) groups excluding carboxylic acids is 2. The molecule has 0 bridgehead atoms. The first-order valence-corrected chi connectivity index (χ1v) is 8.74. The number of carbonyl (C=O) groups is 2. The van der Waals surface area contributed by atoms with Gasteiger partial charge in [-0.1, -0.05) is 25.0 Å². The van der Waals surface area contributed by atoms with Crippen LogP contribution in [0.25, 0.3) is 0 Å². The smallest absolute Gasteiger partial charge is 0.245 e. The zero-order valence-electron chi connectivity index (χ0n) is 14.9. The van der Waals surface area contributed by atoms with Crippen LogP contribution in [0.3, 0.4) is 0 Å². The molecule has 24 heavy (non-hydrogen) atoms. The van der Waals surface area contributed by atoms with Crippen molar-refractivity contribution in [2.45, 2.75) is 52.1 Å². The average molecular weight is 332 g/mol. The second-order valence-corrected chi connectivity index (χ2v) is 6.42. The fraction of sp³-hybridized carbons (Fsp3) is 0.579. The normalized spacial score (nSPS) is 15.8. The first kappa shape index (κ1) is 18.3. The highest BCUT2D eigenvalue weighted by Crippen LogP contribution is 2.29. The van der Waals surface area contributed by atoms with E-state index in [1.807, 2.05) is 36.1 Å². The SMILES string of the molecule is CCN(Cc1ccc(OC)cc1)C(=O)C(NC(C)=O)C1CCCC1. The van der Waals surface area contributed by atoms with Crippen molar-refractivity contribution in [2.24, 2.45) is 5.92 Å². The van der Waals surface area contributed by atoms with Gasteiger partial charge in [0.15, 0.2) is 0 Å². The molecule has 1 aromatic carbocycles. The van der Waals surface area contributed by atoms with Crippen LogP contribution in [0.4, 0.5) is 0 Å². The number of hydrogen-bond acceptors (Lipinski definition) is 3. The molecule has 1 atom stereocenters. The number of likely N-dealkylation sites (N-methyl/N-ethyl adjacent to an activating group) is 1. The summed E-state index contributed by atoms with van der Waals surface area (Å²) in [6.07, 6.45) is 4.30. The number of benzene rings is 1. The summed E-state index contributed by atoms with van der Waals surface area (Å²) in [6.45, 7) is 4.62. The van der Waals surface area contributed by atoms with Crippen LogP contribution in [0.1, 0.15) is 45.1 Å². The molecule has 1 aliphatic rings. The first-order valence-electron chi connectivity index (χ1n) is 8.74. The lowest BCUT2D eigenvalue weighted by Crippen LogP contribution is -2.51. The Morgan fingerprint density at radius 1 is 1.25 bits per heavy atom. The van der Waals surface area contributed by atoms with Crippen LogP contribution in [-0.4, -0.2) is 36.4 Å². The zero-order chi connectivity index (χ0) is 17.5. The number of methoxy groups -OCH3 is 1. The van der Waals surface area contributed by atoms with E-state index < -0.39 is 6.04 Å². The molecular weight excluding hydrogens is 304 g/mol. The Hall–Kier alpha value is -2.04. The van der Waals surface area contributed by atoms with Crippen molar-refractivity contribution in [2.75, 3.05) is 13.7 Å². The molecule has 2 amide bonds. The molecule has 0 aromatic heterocycles. The summed E-state index contributed by atoms with van der Waals surface area (Å²) < 4.78 is 5.17. The highest BCUT2D eigenvalue weighted by atomic mass is 16.5. The molecule has 1 fully saturated rings. The Labute approximate surface area is 144 Å². The second-order valence-electron chi connectivity index (χ2n) is 6.42. The Kier molecular flexibility index (Phi) is 6.64. The Balaban J connectivity index is 2.09. The molecule has 0 saturated heterocycles. The van der Waals surface area contributed by atoms with E-state index in [2.05, 4.69) is 5.32 Å². The van der Waals surface area contributed by atoms with Crippen molar-refractivity contribution in [1.29, 1.82) is 0 Å². The molecular formula is C19H28N2O3. The number of hydrogen-bond donors (Lipinski definition) is 1. The third kappa shape index (κ3) is 4.73. The van der Waals surface area contributed by atoms with Crippen molar-refractivity contribution < 1.29 is 14.3 Å². The number of nitrogens with one attached hydrogen (secondary N) is 1. The van der Waals surface area contributed by atoms with Crippen molar-refractivity contribution in [3.63, 3.8) is 0 Å². The van der Waals surface area contributed by atoms with Gasteiger partial charge in [-0.05, 0) is 43.4 Å². The maximum Gasteiger partial charge on any atom is 0.245 e. The first-order chi connectivity index (χ1) is 11.5. The summed E-state index contributed by atoms with van der Waals surface area (Å²) in [7, 11) is 1.64. The third-order valence-electron chi connectivity index (χ3n) is 4.72. The largest absolute Gasteiger partial charge is 0.497 e. The molecule has 5 nitrogen and oxygen atoms in total. The molecule has 0 spiro atoms. The van der Waals surface area contributed by atoms with Gasteiger partial charge in [0.2, 0.25) is 11.8 Å². The molecule has 1 N–H and O–H groups in total. The summed E-state index contributed by atoms with van der Waals surface area (Å²) in [5.74, 6) is 0.942. The molecule has 1 aliphatic carbocycles.